The highest BCUT2D eigenvalue weighted by Gasteiger charge is 2.29. The van der Waals surface area contributed by atoms with Gasteiger partial charge in [-0.05, 0) is 33.2 Å². The van der Waals surface area contributed by atoms with Crippen molar-refractivity contribution in [3.8, 4) is 0 Å². The lowest BCUT2D eigenvalue weighted by Gasteiger charge is -2.25. The Morgan fingerprint density at radius 3 is 2.48 bits per heavy atom. The van der Waals surface area contributed by atoms with E-state index in [9.17, 15) is 14.4 Å². The van der Waals surface area contributed by atoms with E-state index in [1.54, 1.807) is 0 Å². The van der Waals surface area contributed by atoms with Gasteiger partial charge >= 0.3 is 12.0 Å². The van der Waals surface area contributed by atoms with Crippen molar-refractivity contribution >= 4 is 17.9 Å². The van der Waals surface area contributed by atoms with Gasteiger partial charge in [-0.3, -0.25) is 9.69 Å². The molecular weight excluding hydrogens is 276 g/mol. The zero-order valence-electron chi connectivity index (χ0n) is 12.5. The van der Waals surface area contributed by atoms with Crippen LogP contribution in [-0.4, -0.2) is 59.6 Å². The number of hydrogen-bond donors (Lipinski definition) is 4. The van der Waals surface area contributed by atoms with E-state index in [4.69, 9.17) is 10.8 Å². The van der Waals surface area contributed by atoms with E-state index in [2.05, 4.69) is 15.5 Å². The first kappa shape index (κ1) is 17.2. The molecule has 0 radical (unpaired) electrons. The summed E-state index contributed by atoms with van der Waals surface area (Å²) in [5, 5.41) is 14.0. The van der Waals surface area contributed by atoms with Crippen LogP contribution in [0.2, 0.25) is 0 Å². The summed E-state index contributed by atoms with van der Waals surface area (Å²) in [7, 11) is 2.01. The number of hydrogen-bond acceptors (Lipinski definition) is 4. The molecule has 1 aliphatic rings. The molecular formula is C13H24N4O4. The number of carboxylic acid groups (broad SMARTS) is 1. The third-order valence-corrected chi connectivity index (χ3v) is 3.66. The highest BCUT2D eigenvalue weighted by molar-refractivity contribution is 5.83. The number of aliphatic carboxylic acids is 1. The summed E-state index contributed by atoms with van der Waals surface area (Å²) < 4.78 is 0. The number of urea groups is 1. The summed E-state index contributed by atoms with van der Waals surface area (Å²) in [6.45, 7) is 2.43. The Labute approximate surface area is 124 Å². The summed E-state index contributed by atoms with van der Waals surface area (Å²) in [6, 6.07) is -0.902. The maximum absolute atomic E-state index is 11.7. The highest BCUT2D eigenvalue weighted by atomic mass is 16.4. The molecule has 8 heteroatoms. The number of primary amides is 1. The first-order valence-corrected chi connectivity index (χ1v) is 7.08. The van der Waals surface area contributed by atoms with Crippen LogP contribution in [0.15, 0.2) is 0 Å². The third kappa shape index (κ3) is 6.44. The molecule has 120 valence electrons. The predicted molar refractivity (Wildman–Crippen MR) is 76.6 cm³/mol. The molecule has 0 aliphatic heterocycles. The third-order valence-electron chi connectivity index (χ3n) is 3.66. The summed E-state index contributed by atoms with van der Waals surface area (Å²) >= 11 is 0. The van der Waals surface area contributed by atoms with Gasteiger partial charge in [0, 0.05) is 25.0 Å². The highest BCUT2D eigenvalue weighted by Crippen LogP contribution is 2.26. The fourth-order valence-electron chi connectivity index (χ4n) is 1.98. The molecule has 0 spiro atoms. The number of nitrogens with one attached hydrogen (secondary N) is 2. The Balaban J connectivity index is 2.32. The number of carboxylic acids is 1. The molecule has 0 heterocycles. The first-order valence-electron chi connectivity index (χ1n) is 7.08. The van der Waals surface area contributed by atoms with E-state index in [-0.39, 0.29) is 18.9 Å². The Hall–Kier alpha value is -1.83. The molecule has 0 aromatic heterocycles. The van der Waals surface area contributed by atoms with Crippen molar-refractivity contribution in [1.82, 2.24) is 15.5 Å². The lowest BCUT2D eigenvalue weighted by molar-refractivity contribution is -0.139. The summed E-state index contributed by atoms with van der Waals surface area (Å²) in [5.41, 5.74) is 4.97. The average molecular weight is 300 g/mol. The van der Waals surface area contributed by atoms with Crippen LogP contribution in [0.4, 0.5) is 4.79 Å². The molecule has 0 aromatic rings. The largest absolute Gasteiger partial charge is 0.480 e. The van der Waals surface area contributed by atoms with E-state index < -0.39 is 23.9 Å². The molecule has 8 nitrogen and oxygen atoms in total. The second kappa shape index (κ2) is 7.82. The van der Waals surface area contributed by atoms with Crippen molar-refractivity contribution in [3.63, 3.8) is 0 Å². The molecule has 3 amide bonds. The van der Waals surface area contributed by atoms with Crippen LogP contribution in [0.25, 0.3) is 0 Å². The van der Waals surface area contributed by atoms with Gasteiger partial charge < -0.3 is 21.5 Å². The van der Waals surface area contributed by atoms with E-state index in [1.807, 2.05) is 14.0 Å². The van der Waals surface area contributed by atoms with Gasteiger partial charge in [0.2, 0.25) is 5.91 Å². The molecule has 1 rings (SSSR count). The van der Waals surface area contributed by atoms with Crippen LogP contribution in [0, 0.1) is 0 Å². The summed E-state index contributed by atoms with van der Waals surface area (Å²) in [4.78, 5) is 35.5. The van der Waals surface area contributed by atoms with Crippen molar-refractivity contribution in [2.45, 2.75) is 50.7 Å². The van der Waals surface area contributed by atoms with Gasteiger partial charge in [0.1, 0.15) is 6.04 Å². The lowest BCUT2D eigenvalue weighted by atomic mass is 10.1. The minimum absolute atomic E-state index is 0.0182. The van der Waals surface area contributed by atoms with E-state index in [0.29, 0.717) is 12.6 Å². The molecule has 5 N–H and O–H groups in total. The molecule has 21 heavy (non-hydrogen) atoms. The maximum Gasteiger partial charge on any atom is 0.326 e. The van der Waals surface area contributed by atoms with Crippen molar-refractivity contribution in [2.75, 3.05) is 13.6 Å². The van der Waals surface area contributed by atoms with Crippen LogP contribution in [0.3, 0.4) is 0 Å². The second-order valence-electron chi connectivity index (χ2n) is 5.50. The number of amides is 3. The fourth-order valence-corrected chi connectivity index (χ4v) is 1.98. The van der Waals surface area contributed by atoms with Crippen LogP contribution in [0.1, 0.15) is 32.6 Å². The predicted octanol–water partition coefficient (Wildman–Crippen LogP) is -0.513. The van der Waals surface area contributed by atoms with Gasteiger partial charge in [-0.15, -0.1) is 0 Å². The molecule has 1 saturated carbocycles. The standard InChI is InChI=1S/C13H24N4O4/c1-8(17(2)9-3-4-9)7-15-13(21)16-10(12(19)20)5-6-11(14)18/h8-10H,3-7H2,1-2H3,(H2,14,18)(H,19,20)(H2,15,16,21). The van der Waals surface area contributed by atoms with E-state index in [0.717, 1.165) is 0 Å². The second-order valence-corrected chi connectivity index (χ2v) is 5.50. The topological polar surface area (TPSA) is 125 Å². The van der Waals surface area contributed by atoms with Gasteiger partial charge in [0.05, 0.1) is 0 Å². The Bertz CT molecular complexity index is 398. The molecule has 1 aliphatic carbocycles. The van der Waals surface area contributed by atoms with Crippen molar-refractivity contribution in [3.05, 3.63) is 0 Å². The van der Waals surface area contributed by atoms with Gasteiger partial charge in [0.25, 0.3) is 0 Å². The molecule has 0 aromatic carbocycles. The minimum Gasteiger partial charge on any atom is -0.480 e. The average Bonchev–Trinajstić information content (AvgIpc) is 3.23. The van der Waals surface area contributed by atoms with Crippen molar-refractivity contribution in [2.24, 2.45) is 5.73 Å². The number of nitrogens with zero attached hydrogens (tertiary/aromatic N) is 1. The molecule has 2 atom stereocenters. The zero-order chi connectivity index (χ0) is 16.0. The number of rotatable bonds is 9. The first-order chi connectivity index (χ1) is 9.81. The van der Waals surface area contributed by atoms with Crippen LogP contribution in [-0.2, 0) is 9.59 Å². The maximum atomic E-state index is 11.7. The molecule has 2 unspecified atom stereocenters. The van der Waals surface area contributed by atoms with Crippen molar-refractivity contribution < 1.29 is 19.5 Å². The summed E-state index contributed by atoms with van der Waals surface area (Å²) in [6.07, 6.45) is 2.26. The van der Waals surface area contributed by atoms with Gasteiger partial charge in [-0.25, -0.2) is 9.59 Å². The van der Waals surface area contributed by atoms with Crippen molar-refractivity contribution in [1.29, 1.82) is 0 Å². The minimum atomic E-state index is -1.19. The van der Waals surface area contributed by atoms with Gasteiger partial charge in [-0.2, -0.15) is 0 Å². The van der Waals surface area contributed by atoms with Gasteiger partial charge in [-0.1, -0.05) is 0 Å². The number of carbonyl (C=O) groups excluding carboxylic acids is 2. The Kier molecular flexibility index (Phi) is 6.41. The molecule has 1 fully saturated rings. The fraction of sp³-hybridized carbons (Fsp3) is 0.769. The summed E-state index contributed by atoms with van der Waals surface area (Å²) in [5.74, 6) is -1.78. The van der Waals surface area contributed by atoms with E-state index >= 15 is 0 Å². The number of likely N-dealkylation sites (N-methyl/N-ethyl adjacent to an activating group) is 1. The number of carbonyl (C=O) groups is 3. The monoisotopic (exact) mass is 300 g/mol. The molecule has 0 saturated heterocycles. The van der Waals surface area contributed by atoms with Crippen LogP contribution < -0.4 is 16.4 Å². The Morgan fingerprint density at radius 1 is 1.38 bits per heavy atom. The SMILES string of the molecule is CC(CNC(=O)NC(CCC(N)=O)C(=O)O)N(C)C1CC1. The molecule has 0 bridgehead atoms. The lowest BCUT2D eigenvalue weighted by Crippen LogP contribution is -2.49. The zero-order valence-corrected chi connectivity index (χ0v) is 12.5. The van der Waals surface area contributed by atoms with Crippen LogP contribution in [0.5, 0.6) is 0 Å². The Morgan fingerprint density at radius 2 is 2.00 bits per heavy atom. The van der Waals surface area contributed by atoms with Crippen LogP contribution >= 0.6 is 0 Å². The quantitative estimate of drug-likeness (QED) is 0.456. The normalized spacial score (nSPS) is 17.1. The smallest absolute Gasteiger partial charge is 0.326 e. The number of nitrogens with two attached hydrogens (primary N) is 1. The van der Waals surface area contributed by atoms with Gasteiger partial charge in [0.15, 0.2) is 0 Å². The van der Waals surface area contributed by atoms with E-state index in [1.165, 1.54) is 12.8 Å².